The molecule has 0 saturated carbocycles. The van der Waals surface area contributed by atoms with Gasteiger partial charge in [0.1, 0.15) is 6.33 Å². The third kappa shape index (κ3) is 1.49. The molecular weight excluding hydrogens is 192 g/mol. The number of fused-ring (bicyclic) bond motifs is 1. The third-order valence-corrected chi connectivity index (χ3v) is 2.33. The van der Waals surface area contributed by atoms with Crippen LogP contribution in [0.25, 0.3) is 11.0 Å². The zero-order valence-electron chi connectivity index (χ0n) is 8.93. The number of hydrogen-bond acceptors (Lipinski definition) is 4. The van der Waals surface area contributed by atoms with Crippen LogP contribution in [0.15, 0.2) is 17.3 Å². The predicted molar refractivity (Wildman–Crippen MR) is 56.7 cm³/mol. The Kier molecular flexibility index (Phi) is 2.22. The minimum Gasteiger partial charge on any atom is -0.296 e. The maximum Gasteiger partial charge on any atom is 0.263 e. The van der Waals surface area contributed by atoms with Crippen LogP contribution in [0.1, 0.15) is 25.5 Å². The minimum absolute atomic E-state index is 0.0533. The summed E-state index contributed by atoms with van der Waals surface area (Å²) in [5.74, 6) is 0. The van der Waals surface area contributed by atoms with E-state index in [1.165, 1.54) is 6.33 Å². The summed E-state index contributed by atoms with van der Waals surface area (Å²) in [7, 11) is 0. The van der Waals surface area contributed by atoms with Gasteiger partial charge >= 0.3 is 0 Å². The second-order valence-electron chi connectivity index (χ2n) is 3.78. The lowest BCUT2D eigenvalue weighted by molar-refractivity contribution is 0.572. The van der Waals surface area contributed by atoms with Crippen LogP contribution >= 0.6 is 0 Å². The number of nitrogens with zero attached hydrogens (tertiary/aromatic N) is 4. The molecule has 0 spiro atoms. The van der Waals surface area contributed by atoms with Gasteiger partial charge in [-0.1, -0.05) is 0 Å². The number of rotatable bonds is 1. The number of aromatic nitrogens is 4. The molecule has 0 N–H and O–H groups in total. The van der Waals surface area contributed by atoms with Gasteiger partial charge in [0.05, 0.1) is 11.6 Å². The fourth-order valence-electron chi connectivity index (χ4n) is 1.48. The molecule has 0 bridgehead atoms. The fourth-order valence-corrected chi connectivity index (χ4v) is 1.48. The molecule has 0 atom stereocenters. The first kappa shape index (κ1) is 9.76. The molecule has 78 valence electrons. The topological polar surface area (TPSA) is 60.7 Å². The van der Waals surface area contributed by atoms with Crippen LogP contribution in [0, 0.1) is 6.92 Å². The Labute approximate surface area is 86.8 Å². The monoisotopic (exact) mass is 204 g/mol. The summed E-state index contributed by atoms with van der Waals surface area (Å²) in [6.07, 6.45) is 3.10. The molecule has 0 saturated heterocycles. The molecular formula is C10H12N4O. The smallest absolute Gasteiger partial charge is 0.263 e. The molecule has 2 aromatic rings. The van der Waals surface area contributed by atoms with Gasteiger partial charge in [0, 0.05) is 6.04 Å². The molecule has 0 aromatic carbocycles. The second kappa shape index (κ2) is 3.42. The highest BCUT2D eigenvalue weighted by atomic mass is 16.1. The summed E-state index contributed by atoms with van der Waals surface area (Å²) in [5, 5.41) is 8.15. The average Bonchev–Trinajstić information content (AvgIpc) is 2.17. The lowest BCUT2D eigenvalue weighted by atomic mass is 10.2. The molecule has 5 nitrogen and oxygen atoms in total. The van der Waals surface area contributed by atoms with Gasteiger partial charge in [-0.3, -0.25) is 9.36 Å². The Balaban J connectivity index is 2.90. The van der Waals surface area contributed by atoms with Crippen LogP contribution in [0.5, 0.6) is 0 Å². The lowest BCUT2D eigenvalue weighted by Crippen LogP contribution is -2.23. The van der Waals surface area contributed by atoms with E-state index in [4.69, 9.17) is 0 Å². The van der Waals surface area contributed by atoms with Crippen molar-refractivity contribution >= 4 is 11.0 Å². The molecule has 0 fully saturated rings. The van der Waals surface area contributed by atoms with E-state index in [0.29, 0.717) is 11.0 Å². The van der Waals surface area contributed by atoms with E-state index in [1.807, 2.05) is 20.8 Å². The molecule has 2 rings (SSSR count). The quantitative estimate of drug-likeness (QED) is 0.697. The van der Waals surface area contributed by atoms with Crippen molar-refractivity contribution in [3.63, 3.8) is 0 Å². The van der Waals surface area contributed by atoms with E-state index in [2.05, 4.69) is 15.2 Å². The third-order valence-electron chi connectivity index (χ3n) is 2.33. The second-order valence-corrected chi connectivity index (χ2v) is 3.78. The van der Waals surface area contributed by atoms with Crippen LogP contribution in [0.3, 0.4) is 0 Å². The Morgan fingerprint density at radius 3 is 2.80 bits per heavy atom. The first-order valence-corrected chi connectivity index (χ1v) is 4.80. The molecule has 0 amide bonds. The van der Waals surface area contributed by atoms with Crippen molar-refractivity contribution in [1.29, 1.82) is 0 Å². The average molecular weight is 204 g/mol. The maximum absolute atomic E-state index is 12.0. The summed E-state index contributed by atoms with van der Waals surface area (Å²) in [6.45, 7) is 5.72. The molecule has 0 aliphatic heterocycles. The first-order chi connectivity index (χ1) is 7.11. The van der Waals surface area contributed by atoms with Gasteiger partial charge in [-0.05, 0) is 26.3 Å². The van der Waals surface area contributed by atoms with Crippen LogP contribution < -0.4 is 5.56 Å². The largest absolute Gasteiger partial charge is 0.296 e. The molecule has 0 unspecified atom stereocenters. The van der Waals surface area contributed by atoms with Crippen molar-refractivity contribution < 1.29 is 0 Å². The number of aryl methyl sites for hydroxylation is 1. The standard InChI is InChI=1S/C10H12N4O/c1-6(2)14-5-11-9-8(10(14)15)7(3)4-12-13-9/h4-6H,1-3H3. The molecule has 0 radical (unpaired) electrons. The predicted octanol–water partition coefficient (Wildman–Crippen LogP) is 1.08. The normalized spacial score (nSPS) is 11.2. The molecule has 0 aliphatic rings. The summed E-state index contributed by atoms with van der Waals surface area (Å²) in [5.41, 5.74) is 1.17. The van der Waals surface area contributed by atoms with Crippen molar-refractivity contribution in [1.82, 2.24) is 19.7 Å². The van der Waals surface area contributed by atoms with Crippen molar-refractivity contribution in [2.75, 3.05) is 0 Å². The van der Waals surface area contributed by atoms with Crippen LogP contribution in [-0.2, 0) is 0 Å². The Morgan fingerprint density at radius 1 is 1.40 bits per heavy atom. The van der Waals surface area contributed by atoms with Gasteiger partial charge in [0.2, 0.25) is 0 Å². The van der Waals surface area contributed by atoms with Crippen LogP contribution in [0.4, 0.5) is 0 Å². The Bertz CT molecular complexity index is 559. The van der Waals surface area contributed by atoms with Crippen molar-refractivity contribution in [3.05, 3.63) is 28.4 Å². The zero-order chi connectivity index (χ0) is 11.0. The van der Waals surface area contributed by atoms with Crippen molar-refractivity contribution in [3.8, 4) is 0 Å². The minimum atomic E-state index is -0.0533. The summed E-state index contributed by atoms with van der Waals surface area (Å²) in [4.78, 5) is 16.2. The van der Waals surface area contributed by atoms with Gasteiger partial charge in [-0.25, -0.2) is 4.98 Å². The molecule has 2 heterocycles. The van der Waals surface area contributed by atoms with E-state index in [0.717, 1.165) is 5.56 Å². The first-order valence-electron chi connectivity index (χ1n) is 4.80. The summed E-state index contributed by atoms with van der Waals surface area (Å²) in [6, 6.07) is 0.0990. The van der Waals surface area contributed by atoms with Crippen LogP contribution in [0.2, 0.25) is 0 Å². The Hall–Kier alpha value is -1.78. The molecule has 0 aliphatic carbocycles. The van der Waals surface area contributed by atoms with Crippen molar-refractivity contribution in [2.24, 2.45) is 0 Å². The van der Waals surface area contributed by atoms with Gasteiger partial charge < -0.3 is 0 Å². The summed E-state index contributed by atoms with van der Waals surface area (Å²) >= 11 is 0. The van der Waals surface area contributed by atoms with Gasteiger partial charge in [-0.2, -0.15) is 5.10 Å². The van der Waals surface area contributed by atoms with Crippen molar-refractivity contribution in [2.45, 2.75) is 26.8 Å². The highest BCUT2D eigenvalue weighted by molar-refractivity contribution is 5.75. The van der Waals surface area contributed by atoms with E-state index >= 15 is 0 Å². The highest BCUT2D eigenvalue weighted by Crippen LogP contribution is 2.08. The maximum atomic E-state index is 12.0. The molecule has 5 heteroatoms. The number of hydrogen-bond donors (Lipinski definition) is 0. The van der Waals surface area contributed by atoms with Gasteiger partial charge in [0.25, 0.3) is 5.56 Å². The fraction of sp³-hybridized carbons (Fsp3) is 0.400. The van der Waals surface area contributed by atoms with Gasteiger partial charge in [-0.15, -0.1) is 5.10 Å². The zero-order valence-corrected chi connectivity index (χ0v) is 8.93. The lowest BCUT2D eigenvalue weighted by Gasteiger charge is -2.09. The highest BCUT2D eigenvalue weighted by Gasteiger charge is 2.09. The molecule has 2 aromatic heterocycles. The molecule has 15 heavy (non-hydrogen) atoms. The van der Waals surface area contributed by atoms with Crippen LogP contribution in [-0.4, -0.2) is 19.7 Å². The van der Waals surface area contributed by atoms with E-state index in [-0.39, 0.29) is 11.6 Å². The van der Waals surface area contributed by atoms with E-state index in [1.54, 1.807) is 10.8 Å². The Morgan fingerprint density at radius 2 is 2.13 bits per heavy atom. The van der Waals surface area contributed by atoms with E-state index in [9.17, 15) is 4.79 Å². The van der Waals surface area contributed by atoms with E-state index < -0.39 is 0 Å². The summed E-state index contributed by atoms with van der Waals surface area (Å²) < 4.78 is 1.59. The van der Waals surface area contributed by atoms with Gasteiger partial charge in [0.15, 0.2) is 5.65 Å². The SMILES string of the molecule is Cc1cnnc2ncn(C(C)C)c(=O)c12.